The predicted molar refractivity (Wildman–Crippen MR) is 487 cm³/mol. The van der Waals surface area contributed by atoms with Gasteiger partial charge in [0.1, 0.15) is 5.52 Å². The number of carbonyl (C=O) groups is 4. The quantitative estimate of drug-likeness (QED) is 0.0445. The maximum atomic E-state index is 12.9. The van der Waals surface area contributed by atoms with Crippen molar-refractivity contribution < 1.29 is 23.6 Å². The Hall–Kier alpha value is -16.0. The maximum absolute atomic E-state index is 12.9. The lowest BCUT2D eigenvalue weighted by atomic mass is 9.89. The number of nitrogens with zero attached hydrogens (tertiary/aromatic N) is 9. The van der Waals surface area contributed by atoms with Gasteiger partial charge in [0.25, 0.3) is 22.2 Å². The molecule has 2 aliphatic heterocycles. The minimum atomic E-state index is -0.221. The molecule has 6 aromatic heterocycles. The van der Waals surface area contributed by atoms with E-state index in [1.807, 2.05) is 234 Å². The van der Waals surface area contributed by atoms with Crippen LogP contribution >= 0.6 is 0 Å². The number of fused-ring (bicyclic) bond motifs is 6. The molecule has 25 heteroatoms. The van der Waals surface area contributed by atoms with E-state index in [9.17, 15) is 38.4 Å². The van der Waals surface area contributed by atoms with E-state index in [0.29, 0.717) is 68.7 Å². The van der Waals surface area contributed by atoms with Gasteiger partial charge in [-0.05, 0) is 101 Å². The van der Waals surface area contributed by atoms with Gasteiger partial charge in [0.2, 0.25) is 29.6 Å². The highest BCUT2D eigenvalue weighted by molar-refractivity contribution is 5.98. The Morgan fingerprint density at radius 2 is 0.688 bits per heavy atom. The van der Waals surface area contributed by atoms with Crippen LogP contribution in [-0.2, 0) is 51.4 Å². The monoisotopic (exact) mass is 1650 g/mol. The Morgan fingerprint density at radius 3 is 1.10 bits per heavy atom. The number of hydrogen-bond donors (Lipinski definition) is 7. The van der Waals surface area contributed by atoms with Crippen molar-refractivity contribution in [3.8, 4) is 45.0 Å². The van der Waals surface area contributed by atoms with Crippen LogP contribution in [0.15, 0.2) is 327 Å². The number of benzene rings is 12. The standard InChI is InChI=1S/C27H26N4O2.C27H25N3O2.C23H17N5O2.C23H16N4O3/c32-25(31-16-14-30(15-17-31)19-21-6-2-1-3-7-21)18-20-10-12-22(13-11-20)26-23-8-4-5-9-24(23)27(33)29-28-26;31-25(30-16-14-21(15-17-30)20-6-2-1-3-7-20)18-19-10-12-22(13-11-19)26-23-8-4-5-9-24(23)27(32)29-28-26;29-20(26-23-24-18-7-3-4-8-19(18)25-23)13-14-9-11-15(12-10-14)21-16-5-1-2-6-17(16)22(30)28-27-21;28-20(25-23-24-18-7-3-4-8-19(18)30-23)13-14-9-11-15(12-10-14)21-16-5-1-2-6-17(16)22(29)27-26-21/h1-13H,14-19H2,(H,29,33);1-13,21H,14-18H2,(H,29,32);1-12H,13H2,(H,28,30)(H2,24,25,26,29);1-12H,13H2,(H,27,29)(H,24,25,28). The average Bonchev–Trinajstić information content (AvgIpc) is 1.62. The summed E-state index contributed by atoms with van der Waals surface area (Å²) >= 11 is 0. The topological polar surface area (TPSA) is 340 Å². The van der Waals surface area contributed by atoms with Crippen LogP contribution in [0.2, 0.25) is 0 Å². The zero-order valence-electron chi connectivity index (χ0n) is 67.8. The van der Waals surface area contributed by atoms with Gasteiger partial charge in [-0.1, -0.05) is 255 Å². The summed E-state index contributed by atoms with van der Waals surface area (Å²) in [5.74, 6) is 0.934. The van der Waals surface area contributed by atoms with E-state index in [4.69, 9.17) is 4.42 Å². The lowest BCUT2D eigenvalue weighted by molar-refractivity contribution is -0.132. The van der Waals surface area contributed by atoms with Crippen LogP contribution in [0.1, 0.15) is 52.1 Å². The summed E-state index contributed by atoms with van der Waals surface area (Å²) in [6, 6.07) is 96.6. The molecule has 18 aromatic rings. The lowest BCUT2D eigenvalue weighted by Gasteiger charge is -2.34. The SMILES string of the molecule is O=C(Cc1ccc(-c2n[nH]c(=O)c3ccccc23)cc1)N1CCC(c2ccccc2)CC1.O=C(Cc1ccc(-c2n[nH]c(=O)c3ccccc23)cc1)N1CCN(Cc2ccccc2)CC1.O=C(Cc1ccc(-c2n[nH]c(=O)c3ccccc23)cc1)Nc1nc2ccccc2[nH]1.O=C(Cc1ccc(-c2n[nH]c(=O)c3ccccc23)cc1)Nc1nc2ccccc2o1. The van der Waals surface area contributed by atoms with E-state index in [2.05, 4.69) is 120 Å². The van der Waals surface area contributed by atoms with Gasteiger partial charge >= 0.3 is 6.01 Å². The first-order valence-corrected chi connectivity index (χ1v) is 41.2. The third-order valence-corrected chi connectivity index (χ3v) is 22.4. The highest BCUT2D eigenvalue weighted by Gasteiger charge is 2.26. The molecule has 12 aromatic carbocycles. The molecule has 2 fully saturated rings. The minimum absolute atomic E-state index is 0.158. The van der Waals surface area contributed by atoms with Crippen molar-refractivity contribution in [1.29, 1.82) is 0 Å². The van der Waals surface area contributed by atoms with E-state index in [1.165, 1.54) is 11.1 Å². The normalized spacial score (nSPS) is 12.9. The number of carbonyl (C=O) groups excluding carboxylic acids is 4. The van der Waals surface area contributed by atoms with Crippen LogP contribution in [-0.4, -0.2) is 133 Å². The molecule has 618 valence electrons. The first kappa shape index (κ1) is 81.3. The number of aromatic amines is 5. The average molecular weight is 1650 g/mol. The Morgan fingerprint density at radius 1 is 0.336 bits per heavy atom. The summed E-state index contributed by atoms with van der Waals surface area (Å²) in [5.41, 5.74) is 14.9. The number of likely N-dealkylation sites (tertiary alicyclic amines) is 1. The van der Waals surface area contributed by atoms with Gasteiger partial charge in [0.15, 0.2) is 5.58 Å². The Bertz CT molecular complexity index is 6900. The summed E-state index contributed by atoms with van der Waals surface area (Å²) < 4.78 is 5.52. The number of rotatable bonds is 17. The Kier molecular flexibility index (Phi) is 24.6. The van der Waals surface area contributed by atoms with Crippen molar-refractivity contribution in [1.82, 2.24) is 70.4 Å². The molecule has 125 heavy (non-hydrogen) atoms. The molecule has 4 amide bonds. The number of aromatic nitrogens is 11. The van der Waals surface area contributed by atoms with Gasteiger partial charge in [0, 0.05) is 89.6 Å². The molecular formula is C100H84N16O9. The molecular weight excluding hydrogens is 1570 g/mol. The van der Waals surface area contributed by atoms with E-state index in [0.717, 1.165) is 147 Å². The summed E-state index contributed by atoms with van der Waals surface area (Å²) in [6.45, 7) is 5.86. The molecule has 0 unspecified atom stereocenters. The largest absolute Gasteiger partial charge is 0.423 e. The zero-order valence-corrected chi connectivity index (χ0v) is 67.8. The van der Waals surface area contributed by atoms with Gasteiger partial charge in [-0.15, -0.1) is 0 Å². The fourth-order valence-corrected chi connectivity index (χ4v) is 15.9. The van der Waals surface area contributed by atoms with Crippen LogP contribution in [0.5, 0.6) is 0 Å². The molecule has 25 nitrogen and oxygen atoms in total. The third kappa shape index (κ3) is 19.4. The number of H-pyrrole nitrogens is 5. The Labute approximate surface area is 714 Å². The van der Waals surface area contributed by atoms with Gasteiger partial charge < -0.3 is 19.2 Å². The molecule has 2 saturated heterocycles. The van der Waals surface area contributed by atoms with E-state index >= 15 is 0 Å². The fourth-order valence-electron chi connectivity index (χ4n) is 15.9. The molecule has 20 rings (SSSR count). The van der Waals surface area contributed by atoms with Crippen LogP contribution < -0.4 is 32.9 Å². The molecule has 0 atom stereocenters. The second-order valence-electron chi connectivity index (χ2n) is 30.7. The van der Waals surface area contributed by atoms with Gasteiger partial charge in [-0.3, -0.25) is 53.9 Å². The molecule has 0 spiro atoms. The number of piperidine rings is 1. The highest BCUT2D eigenvalue weighted by atomic mass is 16.4. The first-order valence-electron chi connectivity index (χ1n) is 41.2. The number of imidazole rings is 1. The van der Waals surface area contributed by atoms with Gasteiger partial charge in [-0.25, -0.2) is 25.4 Å². The molecule has 7 N–H and O–H groups in total. The number of nitrogens with one attached hydrogen (secondary N) is 7. The van der Waals surface area contributed by atoms with Crippen molar-refractivity contribution in [3.63, 3.8) is 0 Å². The molecule has 0 radical (unpaired) electrons. The number of hydrogen-bond acceptors (Lipinski definition) is 16. The minimum Gasteiger partial charge on any atom is -0.423 e. The summed E-state index contributed by atoms with van der Waals surface area (Å²) in [5, 5.41) is 38.3. The molecule has 0 aliphatic carbocycles. The Balaban J connectivity index is 0.000000118. The van der Waals surface area contributed by atoms with Gasteiger partial charge in [-0.2, -0.15) is 25.4 Å². The van der Waals surface area contributed by atoms with Crippen molar-refractivity contribution in [2.75, 3.05) is 49.9 Å². The molecule has 0 saturated carbocycles. The van der Waals surface area contributed by atoms with E-state index < -0.39 is 0 Å². The van der Waals surface area contributed by atoms with E-state index in [-0.39, 0.29) is 64.7 Å². The second-order valence-corrected chi connectivity index (χ2v) is 30.7. The number of piperazine rings is 1. The number of para-hydroxylation sites is 4. The second kappa shape index (κ2) is 37.7. The summed E-state index contributed by atoms with van der Waals surface area (Å²) in [7, 11) is 0. The van der Waals surface area contributed by atoms with Crippen LogP contribution in [0.4, 0.5) is 12.0 Å². The van der Waals surface area contributed by atoms with Gasteiger partial charge in [0.05, 0.1) is 81.0 Å². The molecule has 0 bridgehead atoms. The third-order valence-electron chi connectivity index (χ3n) is 22.4. The van der Waals surface area contributed by atoms with Crippen molar-refractivity contribution >= 4 is 101 Å². The number of oxazole rings is 1. The number of anilines is 2. The van der Waals surface area contributed by atoms with Crippen molar-refractivity contribution in [2.24, 2.45) is 0 Å². The first-order chi connectivity index (χ1) is 61.2. The summed E-state index contributed by atoms with van der Waals surface area (Å²) in [4.78, 5) is 117. The van der Waals surface area contributed by atoms with Crippen molar-refractivity contribution in [2.45, 2.75) is 51.0 Å². The predicted octanol–water partition coefficient (Wildman–Crippen LogP) is 15.6. The number of amides is 4. The highest BCUT2D eigenvalue weighted by Crippen LogP contribution is 2.32. The molecule has 2 aliphatic rings. The zero-order chi connectivity index (χ0) is 85.5. The van der Waals surface area contributed by atoms with E-state index in [1.54, 1.807) is 30.3 Å². The van der Waals surface area contributed by atoms with Crippen LogP contribution in [0, 0.1) is 0 Å². The van der Waals surface area contributed by atoms with Crippen molar-refractivity contribution in [3.05, 3.63) is 378 Å². The van der Waals surface area contributed by atoms with Crippen LogP contribution in [0.25, 0.3) is 110 Å². The maximum Gasteiger partial charge on any atom is 0.302 e. The lowest BCUT2D eigenvalue weighted by Crippen LogP contribution is -2.48. The smallest absolute Gasteiger partial charge is 0.302 e. The summed E-state index contributed by atoms with van der Waals surface area (Å²) in [6.07, 6.45) is 3.21. The van der Waals surface area contributed by atoms with Crippen LogP contribution in [0.3, 0.4) is 0 Å². The fraction of sp³-hybridized carbons (Fsp3) is 0.140. The molecule has 8 heterocycles.